The Labute approximate surface area is 478 Å². The van der Waals surface area contributed by atoms with Crippen molar-refractivity contribution >= 4 is 52.5 Å². The van der Waals surface area contributed by atoms with Gasteiger partial charge in [-0.1, -0.05) is 96.2 Å². The molecule has 2 saturated carbocycles. The fraction of sp³-hybridized carbons (Fsp3) is 0.532. The van der Waals surface area contributed by atoms with Crippen LogP contribution < -0.4 is 20.7 Å². The van der Waals surface area contributed by atoms with Crippen LogP contribution in [0.5, 0.6) is 5.75 Å². The summed E-state index contributed by atoms with van der Waals surface area (Å²) in [5.74, 6) is 5.42. The van der Waals surface area contributed by atoms with E-state index in [2.05, 4.69) is 71.4 Å². The van der Waals surface area contributed by atoms with Crippen LogP contribution in [0.2, 0.25) is 5.02 Å². The molecular formula is C62H74ClFN8O7S. The molecule has 0 bridgehead atoms. The Morgan fingerprint density at radius 1 is 0.925 bits per heavy atom. The zero-order valence-corrected chi connectivity index (χ0v) is 48.6. The second-order valence-corrected chi connectivity index (χ2v) is 26.1. The quantitative estimate of drug-likeness (QED) is 0.0888. The normalized spacial score (nSPS) is 23.3. The predicted molar refractivity (Wildman–Crippen MR) is 305 cm³/mol. The molecule has 9 rings (SSSR count). The number of ether oxygens (including phenoxy) is 1. The second kappa shape index (κ2) is 23.2. The van der Waals surface area contributed by atoms with Crippen LogP contribution >= 0.6 is 22.9 Å². The number of aryl methyl sites for hydroxylation is 1. The first-order valence-electron chi connectivity index (χ1n) is 28.0. The first-order chi connectivity index (χ1) is 37.9. The number of nitriles is 1. The molecule has 4 aromatic rings. The van der Waals surface area contributed by atoms with Crippen LogP contribution in [0, 0.1) is 52.3 Å². The number of β-amino-alcohol motifs (C(OH)–C–C–N with tert-alkyl or cyclic N) is 1. The SMILES string of the molecule is Cc1ncsc1-c1ccc([C@H](CC(=O)N2CCC(N3CCC(C#Cc4ccc(C(=O)NC5C(C)(C)C(Oc6ccc(C#N)c(Cl)c6)C5(C)C)cc4)CC3)CC2)NC(=O)[C@@H]2C[C@@H](O)CN2C(=O)[C@@H](NC(=O)C2(F)CC2)C(C)(C)C)cc1. The van der Waals surface area contributed by atoms with Gasteiger partial charge in [0.15, 0.2) is 5.67 Å². The summed E-state index contributed by atoms with van der Waals surface area (Å²) in [6.07, 6.45) is 2.37. The number of hydrogen-bond acceptors (Lipinski definition) is 11. The van der Waals surface area contributed by atoms with E-state index in [1.165, 1.54) is 16.2 Å². The number of carbonyl (C=O) groups excluding carboxylic acids is 5. The van der Waals surface area contributed by atoms with Gasteiger partial charge in [-0.3, -0.25) is 24.0 Å². The Bertz CT molecular complexity index is 3070. The number of nitrogens with one attached hydrogen (secondary N) is 3. The molecule has 0 spiro atoms. The second-order valence-electron chi connectivity index (χ2n) is 24.9. The molecule has 2 aliphatic carbocycles. The van der Waals surface area contributed by atoms with E-state index in [0.29, 0.717) is 46.6 Å². The number of nitrogens with zero attached hydrogens (tertiary/aromatic N) is 5. The highest BCUT2D eigenvalue weighted by Crippen LogP contribution is 2.56. The van der Waals surface area contributed by atoms with Crippen LogP contribution in [0.25, 0.3) is 10.4 Å². The topological polar surface area (TPSA) is 197 Å². The molecule has 3 saturated heterocycles. The van der Waals surface area contributed by atoms with Gasteiger partial charge in [0.1, 0.15) is 30.0 Å². The average molecular weight is 1130 g/mol. The number of rotatable bonds is 14. The number of thiazole rings is 1. The minimum Gasteiger partial charge on any atom is -0.489 e. The van der Waals surface area contributed by atoms with Crippen molar-refractivity contribution in [2.24, 2.45) is 22.2 Å². The van der Waals surface area contributed by atoms with E-state index < -0.39 is 53.0 Å². The number of halogens is 2. The van der Waals surface area contributed by atoms with Crippen molar-refractivity contribution in [2.75, 3.05) is 32.7 Å². The van der Waals surface area contributed by atoms with Crippen molar-refractivity contribution in [2.45, 2.75) is 155 Å². The molecule has 5 aliphatic rings. The van der Waals surface area contributed by atoms with E-state index in [-0.39, 0.29) is 72.9 Å². The first kappa shape index (κ1) is 58.3. The summed E-state index contributed by atoms with van der Waals surface area (Å²) >= 11 is 7.80. The number of alkyl halides is 1. The smallest absolute Gasteiger partial charge is 0.258 e. The van der Waals surface area contributed by atoms with E-state index >= 15 is 0 Å². The molecule has 15 nitrogen and oxygen atoms in total. The van der Waals surface area contributed by atoms with Gasteiger partial charge in [-0.15, -0.1) is 11.3 Å². The molecule has 0 unspecified atom stereocenters. The standard InChI is InChI=1S/C62H74ClFN8O7S/c1-37-51(80-36-66-37)41-17-15-40(16-18-41)48(67-54(76)49-31-45(73)35-72(49)55(77)52(59(2,3)4)68-58(78)62(64)25-26-62)33-50(74)71-29-23-44(24-30-71)70-27-21-39(22-28-70)10-9-38-11-13-42(14-12-38)53(75)69-56-60(5,6)57(61(56,7)8)79-46-20-19-43(34-65)47(63)32-46/h11-20,32,36,39,44-45,48-49,52,56-57,73H,21-31,33,35H2,1-8H3,(H,67,76)(H,68,78)(H,69,75)/t45-,48+,49+,52-,56?,57?/m1/s1. The van der Waals surface area contributed by atoms with Crippen LogP contribution in [-0.4, -0.2) is 129 Å². The van der Waals surface area contributed by atoms with Crippen molar-refractivity contribution in [3.8, 4) is 34.1 Å². The molecule has 424 valence electrons. The van der Waals surface area contributed by atoms with Crippen LogP contribution in [0.4, 0.5) is 4.39 Å². The van der Waals surface area contributed by atoms with Gasteiger partial charge in [-0.25, -0.2) is 9.37 Å². The molecule has 3 aromatic carbocycles. The highest BCUT2D eigenvalue weighted by atomic mass is 35.5. The average Bonchev–Trinajstić information content (AvgIpc) is 3.84. The molecule has 1 aromatic heterocycles. The van der Waals surface area contributed by atoms with Gasteiger partial charge in [-0.2, -0.15) is 5.26 Å². The van der Waals surface area contributed by atoms with Crippen molar-refractivity contribution in [1.29, 1.82) is 5.26 Å². The first-order valence-corrected chi connectivity index (χ1v) is 29.2. The van der Waals surface area contributed by atoms with Crippen LogP contribution in [-0.2, 0) is 19.2 Å². The van der Waals surface area contributed by atoms with Gasteiger partial charge in [-0.05, 0) is 111 Å². The van der Waals surface area contributed by atoms with Crippen molar-refractivity contribution in [3.63, 3.8) is 0 Å². The van der Waals surface area contributed by atoms with Gasteiger partial charge in [0, 0.05) is 72.1 Å². The van der Waals surface area contributed by atoms with Gasteiger partial charge in [0.05, 0.1) is 45.2 Å². The largest absolute Gasteiger partial charge is 0.489 e. The maximum absolute atomic E-state index is 14.8. The maximum Gasteiger partial charge on any atom is 0.258 e. The van der Waals surface area contributed by atoms with Gasteiger partial charge in [0.25, 0.3) is 11.8 Å². The molecule has 4 heterocycles. The lowest BCUT2D eigenvalue weighted by Crippen LogP contribution is -2.74. The Morgan fingerprint density at radius 3 is 2.17 bits per heavy atom. The molecule has 5 amide bonds. The number of benzene rings is 3. The third kappa shape index (κ3) is 12.6. The number of amides is 5. The molecule has 4 atom stereocenters. The zero-order valence-electron chi connectivity index (χ0n) is 47.0. The summed E-state index contributed by atoms with van der Waals surface area (Å²) in [4.78, 5) is 80.4. The van der Waals surface area contributed by atoms with E-state index in [4.69, 9.17) is 16.3 Å². The minimum absolute atomic E-state index is 0.0231. The van der Waals surface area contributed by atoms with Crippen LogP contribution in [0.1, 0.15) is 139 Å². The van der Waals surface area contributed by atoms with Gasteiger partial charge >= 0.3 is 0 Å². The lowest BCUT2D eigenvalue weighted by molar-refractivity contribution is -0.164. The van der Waals surface area contributed by atoms with E-state index in [1.807, 2.05) is 60.4 Å². The van der Waals surface area contributed by atoms with E-state index in [0.717, 1.165) is 60.5 Å². The van der Waals surface area contributed by atoms with Crippen molar-refractivity contribution < 1.29 is 38.2 Å². The maximum atomic E-state index is 14.8. The molecule has 4 N–H and O–H groups in total. The Morgan fingerprint density at radius 2 is 1.59 bits per heavy atom. The third-order valence-electron chi connectivity index (χ3n) is 17.2. The number of aliphatic hydroxyl groups is 1. The highest BCUT2D eigenvalue weighted by Gasteiger charge is 2.64. The molecule has 5 fully saturated rings. The number of likely N-dealkylation sites (tertiary alicyclic amines) is 3. The van der Waals surface area contributed by atoms with Crippen LogP contribution in [0.15, 0.2) is 72.2 Å². The summed E-state index contributed by atoms with van der Waals surface area (Å²) in [6.45, 7) is 18.3. The van der Waals surface area contributed by atoms with Crippen molar-refractivity contribution in [1.82, 2.24) is 35.6 Å². The van der Waals surface area contributed by atoms with E-state index in [9.17, 15) is 38.7 Å². The summed E-state index contributed by atoms with van der Waals surface area (Å²) in [7, 11) is 0. The highest BCUT2D eigenvalue weighted by molar-refractivity contribution is 7.13. The summed E-state index contributed by atoms with van der Waals surface area (Å²) < 4.78 is 21.2. The fourth-order valence-electron chi connectivity index (χ4n) is 12.6. The molecular weight excluding hydrogens is 1060 g/mol. The lowest BCUT2D eigenvalue weighted by atomic mass is 9.49. The van der Waals surface area contributed by atoms with Crippen molar-refractivity contribution in [3.05, 3.63) is 105 Å². The predicted octanol–water partition coefficient (Wildman–Crippen LogP) is 8.55. The molecule has 18 heteroatoms. The Hall–Kier alpha value is -6.37. The number of aromatic nitrogens is 1. The minimum atomic E-state index is -2.01. The number of aliphatic hydroxyl groups excluding tert-OH is 1. The number of piperidine rings is 2. The van der Waals surface area contributed by atoms with Gasteiger partial charge < -0.3 is 40.5 Å². The molecule has 0 radical (unpaired) electrons. The molecule has 80 heavy (non-hydrogen) atoms. The Balaban J connectivity index is 0.771. The monoisotopic (exact) mass is 1130 g/mol. The summed E-state index contributed by atoms with van der Waals surface area (Å²) in [5.41, 5.74) is 2.52. The third-order valence-corrected chi connectivity index (χ3v) is 18.5. The number of hydrogen-bond donors (Lipinski definition) is 4. The van der Waals surface area contributed by atoms with Crippen LogP contribution in [0.3, 0.4) is 0 Å². The van der Waals surface area contributed by atoms with E-state index in [1.54, 1.807) is 44.5 Å². The summed E-state index contributed by atoms with van der Waals surface area (Å²) in [6, 6.07) is 19.4. The summed E-state index contributed by atoms with van der Waals surface area (Å²) in [5, 5.41) is 29.4. The number of carbonyl (C=O) groups is 5. The zero-order chi connectivity index (χ0) is 57.5. The van der Waals surface area contributed by atoms with Gasteiger partial charge in [0.2, 0.25) is 17.7 Å². The molecule has 3 aliphatic heterocycles. The Kier molecular flexibility index (Phi) is 16.9. The fourth-order valence-corrected chi connectivity index (χ4v) is 13.6. The lowest BCUT2D eigenvalue weighted by Gasteiger charge is -2.63.